The lowest BCUT2D eigenvalue weighted by Gasteiger charge is -2.29. The molecule has 3 aliphatic heterocycles. The van der Waals surface area contributed by atoms with Crippen molar-refractivity contribution in [3.63, 3.8) is 0 Å². The van der Waals surface area contributed by atoms with Crippen LogP contribution in [0.2, 0.25) is 0 Å². The number of carbonyl (C=O) groups excluding carboxylic acids is 3. The number of rotatable bonds is 3. The molecule has 1 saturated carbocycles. The molecular formula is C21H25N3O4. The maximum atomic E-state index is 12.7. The molecule has 28 heavy (non-hydrogen) atoms. The van der Waals surface area contributed by atoms with Gasteiger partial charge in [0.25, 0.3) is 0 Å². The first kappa shape index (κ1) is 17.7. The first-order chi connectivity index (χ1) is 13.6. The summed E-state index contributed by atoms with van der Waals surface area (Å²) in [5.41, 5.74) is 2.93. The van der Waals surface area contributed by atoms with Gasteiger partial charge in [0.05, 0.1) is 19.1 Å². The Balaban J connectivity index is 1.30. The lowest BCUT2D eigenvalue weighted by Crippen LogP contribution is -2.44. The zero-order chi connectivity index (χ0) is 19.3. The van der Waals surface area contributed by atoms with Crippen molar-refractivity contribution in [1.29, 1.82) is 0 Å². The molecule has 3 heterocycles. The lowest BCUT2D eigenvalue weighted by molar-refractivity contribution is -0.139. The van der Waals surface area contributed by atoms with Crippen molar-refractivity contribution in [3.05, 3.63) is 23.8 Å². The van der Waals surface area contributed by atoms with Crippen LogP contribution in [0.4, 0.5) is 11.4 Å². The highest BCUT2D eigenvalue weighted by atomic mass is 16.5. The van der Waals surface area contributed by atoms with E-state index in [1.54, 1.807) is 4.90 Å². The first-order valence-corrected chi connectivity index (χ1v) is 10.2. The van der Waals surface area contributed by atoms with E-state index in [2.05, 4.69) is 0 Å². The van der Waals surface area contributed by atoms with Gasteiger partial charge in [0, 0.05) is 49.9 Å². The molecule has 0 N–H and O–H groups in total. The fourth-order valence-corrected chi connectivity index (χ4v) is 4.50. The summed E-state index contributed by atoms with van der Waals surface area (Å²) >= 11 is 0. The van der Waals surface area contributed by atoms with Crippen molar-refractivity contribution in [2.75, 3.05) is 49.2 Å². The molecule has 7 nitrogen and oxygen atoms in total. The van der Waals surface area contributed by atoms with Crippen molar-refractivity contribution >= 4 is 29.1 Å². The van der Waals surface area contributed by atoms with Crippen LogP contribution < -0.4 is 9.80 Å². The number of ether oxygens (including phenoxy) is 1. The van der Waals surface area contributed by atoms with Crippen LogP contribution in [0.1, 0.15) is 24.8 Å². The molecule has 0 unspecified atom stereocenters. The summed E-state index contributed by atoms with van der Waals surface area (Å²) in [6.45, 7) is 3.49. The fourth-order valence-electron chi connectivity index (χ4n) is 4.50. The van der Waals surface area contributed by atoms with Crippen LogP contribution in [0, 0.1) is 11.8 Å². The van der Waals surface area contributed by atoms with E-state index in [0.717, 1.165) is 42.7 Å². The number of hydrogen-bond acceptors (Lipinski definition) is 4. The van der Waals surface area contributed by atoms with Crippen LogP contribution in [0.25, 0.3) is 0 Å². The van der Waals surface area contributed by atoms with E-state index in [1.165, 1.54) is 0 Å². The van der Waals surface area contributed by atoms with Crippen LogP contribution in [-0.4, -0.2) is 62.0 Å². The van der Waals surface area contributed by atoms with Gasteiger partial charge in [-0.15, -0.1) is 0 Å². The topological polar surface area (TPSA) is 70.2 Å². The second-order valence-electron chi connectivity index (χ2n) is 8.17. The van der Waals surface area contributed by atoms with Crippen LogP contribution in [0.15, 0.2) is 18.2 Å². The molecule has 1 aliphatic carbocycles. The van der Waals surface area contributed by atoms with E-state index in [-0.39, 0.29) is 36.0 Å². The largest absolute Gasteiger partial charge is 0.378 e. The van der Waals surface area contributed by atoms with Crippen LogP contribution in [-0.2, 0) is 25.5 Å². The monoisotopic (exact) mass is 383 g/mol. The number of hydrogen-bond donors (Lipinski definition) is 0. The third-order valence-electron chi connectivity index (χ3n) is 6.26. The van der Waals surface area contributed by atoms with Gasteiger partial charge in [0.2, 0.25) is 17.7 Å². The van der Waals surface area contributed by atoms with Crippen molar-refractivity contribution < 1.29 is 19.1 Å². The van der Waals surface area contributed by atoms with Gasteiger partial charge < -0.3 is 19.4 Å². The van der Waals surface area contributed by atoms with Crippen LogP contribution >= 0.6 is 0 Å². The van der Waals surface area contributed by atoms with Crippen molar-refractivity contribution in [1.82, 2.24) is 4.90 Å². The SMILES string of the molecule is O=C([C@@H]1CC(=O)N(c2ccc3c(c2)CCN3C(=O)C2CC2)C1)N1CCOCC1. The normalized spacial score (nSPS) is 24.6. The molecule has 5 rings (SSSR count). The minimum absolute atomic E-state index is 0.00420. The van der Waals surface area contributed by atoms with Crippen LogP contribution in [0.5, 0.6) is 0 Å². The quantitative estimate of drug-likeness (QED) is 0.786. The average Bonchev–Trinajstić information content (AvgIpc) is 3.38. The average molecular weight is 383 g/mol. The maximum Gasteiger partial charge on any atom is 0.230 e. The molecule has 1 atom stereocenters. The first-order valence-electron chi connectivity index (χ1n) is 10.2. The molecule has 4 aliphatic rings. The number of amides is 3. The summed E-state index contributed by atoms with van der Waals surface area (Å²) in [5, 5.41) is 0. The summed E-state index contributed by atoms with van der Waals surface area (Å²) < 4.78 is 5.31. The molecule has 7 heteroatoms. The fraction of sp³-hybridized carbons (Fsp3) is 0.571. The number of anilines is 2. The van der Waals surface area contributed by atoms with Gasteiger partial charge in [0.15, 0.2) is 0 Å². The molecule has 0 radical (unpaired) electrons. The van der Waals surface area contributed by atoms with E-state index in [9.17, 15) is 14.4 Å². The van der Waals surface area contributed by atoms with Gasteiger partial charge >= 0.3 is 0 Å². The predicted octanol–water partition coefficient (Wildman–Crippen LogP) is 1.20. The Bertz CT molecular complexity index is 829. The Kier molecular flexibility index (Phi) is 4.34. The minimum Gasteiger partial charge on any atom is -0.378 e. The summed E-state index contributed by atoms with van der Waals surface area (Å²) in [4.78, 5) is 43.2. The predicted molar refractivity (Wildman–Crippen MR) is 103 cm³/mol. The van der Waals surface area contributed by atoms with E-state index in [0.29, 0.717) is 32.8 Å². The number of fused-ring (bicyclic) bond motifs is 1. The maximum absolute atomic E-state index is 12.7. The summed E-state index contributed by atoms with van der Waals surface area (Å²) in [7, 11) is 0. The molecule has 1 aromatic carbocycles. The van der Waals surface area contributed by atoms with Gasteiger partial charge in [-0.3, -0.25) is 14.4 Å². The van der Waals surface area contributed by atoms with Crippen molar-refractivity contribution in [2.45, 2.75) is 25.7 Å². The van der Waals surface area contributed by atoms with Gasteiger partial charge in [0.1, 0.15) is 0 Å². The summed E-state index contributed by atoms with van der Waals surface area (Å²) in [6.07, 6.45) is 3.09. The second kappa shape index (κ2) is 6.88. The van der Waals surface area contributed by atoms with Gasteiger partial charge in [-0.05, 0) is 43.0 Å². The highest BCUT2D eigenvalue weighted by Crippen LogP contribution is 2.38. The minimum atomic E-state index is -0.285. The molecule has 0 spiro atoms. The Morgan fingerprint density at radius 3 is 2.54 bits per heavy atom. The zero-order valence-electron chi connectivity index (χ0n) is 15.9. The third-order valence-corrected chi connectivity index (χ3v) is 6.26. The molecule has 2 saturated heterocycles. The zero-order valence-corrected chi connectivity index (χ0v) is 15.9. The Morgan fingerprint density at radius 1 is 1.00 bits per heavy atom. The van der Waals surface area contributed by atoms with E-state index in [4.69, 9.17) is 4.74 Å². The Labute approximate surface area is 164 Å². The number of nitrogens with zero attached hydrogens (tertiary/aromatic N) is 3. The molecule has 0 bridgehead atoms. The van der Waals surface area contributed by atoms with Crippen molar-refractivity contribution in [2.24, 2.45) is 11.8 Å². The molecule has 0 aromatic heterocycles. The van der Waals surface area contributed by atoms with Gasteiger partial charge in [-0.2, -0.15) is 0 Å². The Hall–Kier alpha value is -2.41. The Morgan fingerprint density at radius 2 is 1.79 bits per heavy atom. The van der Waals surface area contributed by atoms with Crippen molar-refractivity contribution in [3.8, 4) is 0 Å². The highest BCUT2D eigenvalue weighted by molar-refractivity contribution is 6.02. The number of morpholine rings is 1. The highest BCUT2D eigenvalue weighted by Gasteiger charge is 2.39. The number of carbonyl (C=O) groups is 3. The molecule has 148 valence electrons. The van der Waals surface area contributed by atoms with E-state index >= 15 is 0 Å². The standard InChI is InChI=1S/C21H25N3O4/c25-19-12-16(20(26)22-7-9-28-10-8-22)13-24(19)17-3-4-18-15(11-17)5-6-23(18)21(27)14-1-2-14/h3-4,11,14,16H,1-2,5-10,12-13H2/t16-/m1/s1. The third kappa shape index (κ3) is 3.07. The molecule has 3 fully saturated rings. The molecular weight excluding hydrogens is 358 g/mol. The number of benzene rings is 1. The van der Waals surface area contributed by atoms with Gasteiger partial charge in [-0.25, -0.2) is 0 Å². The second-order valence-corrected chi connectivity index (χ2v) is 8.17. The van der Waals surface area contributed by atoms with Gasteiger partial charge in [-0.1, -0.05) is 0 Å². The smallest absolute Gasteiger partial charge is 0.230 e. The van der Waals surface area contributed by atoms with Crippen LogP contribution in [0.3, 0.4) is 0 Å². The lowest BCUT2D eigenvalue weighted by atomic mass is 10.1. The molecule has 1 aromatic rings. The van der Waals surface area contributed by atoms with E-state index < -0.39 is 0 Å². The summed E-state index contributed by atoms with van der Waals surface area (Å²) in [5.74, 6) is 0.210. The van der Waals surface area contributed by atoms with E-state index in [1.807, 2.05) is 28.0 Å². The molecule has 3 amide bonds. The summed E-state index contributed by atoms with van der Waals surface area (Å²) in [6, 6.07) is 5.90.